The van der Waals surface area contributed by atoms with Crippen LogP contribution in [-0.2, 0) is 9.59 Å². The zero-order valence-corrected chi connectivity index (χ0v) is 12.7. The van der Waals surface area contributed by atoms with Crippen molar-refractivity contribution >= 4 is 11.9 Å². The van der Waals surface area contributed by atoms with Gasteiger partial charge in [0.2, 0.25) is 5.91 Å². The zero-order chi connectivity index (χ0) is 14.8. The van der Waals surface area contributed by atoms with Gasteiger partial charge < -0.3 is 10.4 Å². The van der Waals surface area contributed by atoms with Crippen molar-refractivity contribution in [2.45, 2.75) is 59.8 Å². The average Bonchev–Trinajstić information content (AvgIpc) is 2.34. The molecule has 19 heavy (non-hydrogen) atoms. The van der Waals surface area contributed by atoms with E-state index in [1.165, 1.54) is 19.3 Å². The van der Waals surface area contributed by atoms with Crippen molar-refractivity contribution in [3.8, 4) is 0 Å². The average molecular weight is 271 g/mol. The molecule has 0 rings (SSSR count). The summed E-state index contributed by atoms with van der Waals surface area (Å²) in [6, 6.07) is 0. The molecule has 1 amide bonds. The number of nitrogens with one attached hydrogen (secondary N) is 1. The predicted molar refractivity (Wildman–Crippen MR) is 76.9 cm³/mol. The maximum Gasteiger partial charge on any atom is 0.307 e. The molecule has 4 nitrogen and oxygen atoms in total. The third-order valence-electron chi connectivity index (χ3n) is 3.56. The molecule has 0 aliphatic rings. The summed E-state index contributed by atoms with van der Waals surface area (Å²) in [5.74, 6) is -1.42. The molecule has 4 heteroatoms. The zero-order valence-electron chi connectivity index (χ0n) is 12.7. The highest BCUT2D eigenvalue weighted by molar-refractivity contribution is 5.84. The second kappa shape index (κ2) is 9.82. The Hall–Kier alpha value is -1.06. The molecule has 0 aliphatic heterocycles. The number of aliphatic carboxylic acids is 1. The minimum absolute atomic E-state index is 0.155. The Kier molecular flexibility index (Phi) is 9.27. The summed E-state index contributed by atoms with van der Waals surface area (Å²) >= 11 is 0. The van der Waals surface area contributed by atoms with Gasteiger partial charge in [-0.3, -0.25) is 9.59 Å². The Morgan fingerprint density at radius 3 is 2.05 bits per heavy atom. The van der Waals surface area contributed by atoms with Gasteiger partial charge in [-0.2, -0.15) is 0 Å². The number of carbonyl (C=O) groups excluding carboxylic acids is 1. The summed E-state index contributed by atoms with van der Waals surface area (Å²) in [5, 5.41) is 11.7. The van der Waals surface area contributed by atoms with Gasteiger partial charge in [-0.1, -0.05) is 53.4 Å². The van der Waals surface area contributed by atoms with Gasteiger partial charge in [-0.25, -0.2) is 0 Å². The van der Waals surface area contributed by atoms with Gasteiger partial charge in [-0.15, -0.1) is 0 Å². The molecule has 0 heterocycles. The molecular weight excluding hydrogens is 242 g/mol. The molecule has 0 saturated heterocycles. The molecule has 2 unspecified atom stereocenters. The van der Waals surface area contributed by atoms with Crippen LogP contribution in [0.2, 0.25) is 0 Å². The molecule has 0 aromatic rings. The first kappa shape index (κ1) is 17.9. The molecule has 2 N–H and O–H groups in total. The number of hydrogen-bond donors (Lipinski definition) is 2. The molecular formula is C15H29NO3. The molecule has 0 radical (unpaired) electrons. The SMILES string of the molecule is CC(C)CCCCCCNC(=O)C(C)C(C)C(=O)O. The van der Waals surface area contributed by atoms with Crippen LogP contribution in [0.25, 0.3) is 0 Å². The summed E-state index contributed by atoms with van der Waals surface area (Å²) in [6.45, 7) is 8.34. The summed E-state index contributed by atoms with van der Waals surface area (Å²) < 4.78 is 0. The molecule has 2 atom stereocenters. The summed E-state index contributed by atoms with van der Waals surface area (Å²) in [7, 11) is 0. The van der Waals surface area contributed by atoms with Crippen LogP contribution < -0.4 is 5.32 Å². The lowest BCUT2D eigenvalue weighted by molar-refractivity contribution is -0.146. The van der Waals surface area contributed by atoms with Crippen LogP contribution in [0.4, 0.5) is 0 Å². The molecule has 0 aromatic heterocycles. The normalized spacial score (nSPS) is 14.2. The molecule has 0 fully saturated rings. The van der Waals surface area contributed by atoms with E-state index in [0.717, 1.165) is 18.8 Å². The lowest BCUT2D eigenvalue weighted by Gasteiger charge is -2.15. The number of carbonyl (C=O) groups is 2. The minimum atomic E-state index is -0.920. The van der Waals surface area contributed by atoms with E-state index in [-0.39, 0.29) is 5.91 Å². The van der Waals surface area contributed by atoms with Gasteiger partial charge in [0, 0.05) is 12.5 Å². The van der Waals surface area contributed by atoms with Crippen molar-refractivity contribution in [1.29, 1.82) is 0 Å². The molecule has 0 aliphatic carbocycles. The maximum absolute atomic E-state index is 11.7. The summed E-state index contributed by atoms with van der Waals surface area (Å²) in [6.07, 6.45) is 5.81. The Morgan fingerprint density at radius 1 is 0.947 bits per heavy atom. The number of amides is 1. The lowest BCUT2D eigenvalue weighted by atomic mass is 9.95. The lowest BCUT2D eigenvalue weighted by Crippen LogP contribution is -2.35. The quantitative estimate of drug-likeness (QED) is 0.600. The highest BCUT2D eigenvalue weighted by Crippen LogP contribution is 2.11. The van der Waals surface area contributed by atoms with Crippen LogP contribution in [-0.4, -0.2) is 23.5 Å². The second-order valence-corrected chi connectivity index (χ2v) is 5.80. The molecule has 112 valence electrons. The first-order valence-electron chi connectivity index (χ1n) is 7.36. The van der Waals surface area contributed by atoms with Crippen LogP contribution in [0.5, 0.6) is 0 Å². The van der Waals surface area contributed by atoms with Crippen molar-refractivity contribution < 1.29 is 14.7 Å². The standard InChI is InChI=1S/C15H29NO3/c1-11(2)9-7-5-6-8-10-16-14(17)12(3)13(4)15(18)19/h11-13H,5-10H2,1-4H3,(H,16,17)(H,18,19). The van der Waals surface area contributed by atoms with Gasteiger partial charge in [0.25, 0.3) is 0 Å². The number of carboxylic acids is 1. The Bertz CT molecular complexity index is 277. The van der Waals surface area contributed by atoms with E-state index in [0.29, 0.717) is 6.54 Å². The fraction of sp³-hybridized carbons (Fsp3) is 0.867. The fourth-order valence-electron chi connectivity index (χ4n) is 1.84. The monoisotopic (exact) mass is 271 g/mol. The van der Waals surface area contributed by atoms with Crippen molar-refractivity contribution in [3.05, 3.63) is 0 Å². The first-order chi connectivity index (χ1) is 8.86. The minimum Gasteiger partial charge on any atom is -0.481 e. The molecule has 0 bridgehead atoms. The van der Waals surface area contributed by atoms with Crippen molar-refractivity contribution in [2.75, 3.05) is 6.54 Å². The van der Waals surface area contributed by atoms with Crippen LogP contribution in [0.15, 0.2) is 0 Å². The Morgan fingerprint density at radius 2 is 1.53 bits per heavy atom. The second-order valence-electron chi connectivity index (χ2n) is 5.80. The van der Waals surface area contributed by atoms with Crippen molar-refractivity contribution in [1.82, 2.24) is 5.32 Å². The van der Waals surface area contributed by atoms with Gasteiger partial charge in [0.05, 0.1) is 5.92 Å². The smallest absolute Gasteiger partial charge is 0.307 e. The van der Waals surface area contributed by atoms with Gasteiger partial charge in [-0.05, 0) is 12.3 Å². The molecule has 0 aromatic carbocycles. The van der Waals surface area contributed by atoms with Gasteiger partial charge in [0.1, 0.15) is 0 Å². The van der Waals surface area contributed by atoms with E-state index in [9.17, 15) is 9.59 Å². The molecule has 0 saturated carbocycles. The van der Waals surface area contributed by atoms with E-state index in [1.807, 2.05) is 0 Å². The fourth-order valence-corrected chi connectivity index (χ4v) is 1.84. The third kappa shape index (κ3) is 8.62. The summed E-state index contributed by atoms with van der Waals surface area (Å²) in [5.41, 5.74) is 0. The molecule has 0 spiro atoms. The third-order valence-corrected chi connectivity index (χ3v) is 3.56. The number of carboxylic acid groups (broad SMARTS) is 1. The van der Waals surface area contributed by atoms with Gasteiger partial charge in [0.15, 0.2) is 0 Å². The van der Waals surface area contributed by atoms with E-state index >= 15 is 0 Å². The summed E-state index contributed by atoms with van der Waals surface area (Å²) in [4.78, 5) is 22.5. The van der Waals surface area contributed by atoms with Crippen LogP contribution in [0, 0.1) is 17.8 Å². The van der Waals surface area contributed by atoms with E-state index in [2.05, 4.69) is 19.2 Å². The van der Waals surface area contributed by atoms with Gasteiger partial charge >= 0.3 is 5.97 Å². The predicted octanol–water partition coefficient (Wildman–Crippen LogP) is 3.07. The van der Waals surface area contributed by atoms with Crippen molar-refractivity contribution in [2.24, 2.45) is 17.8 Å². The Balaban J connectivity index is 3.61. The van der Waals surface area contributed by atoms with Crippen molar-refractivity contribution in [3.63, 3.8) is 0 Å². The first-order valence-corrected chi connectivity index (χ1v) is 7.36. The van der Waals surface area contributed by atoms with Crippen LogP contribution in [0.1, 0.15) is 59.8 Å². The highest BCUT2D eigenvalue weighted by atomic mass is 16.4. The van der Waals surface area contributed by atoms with Crippen LogP contribution in [0.3, 0.4) is 0 Å². The number of rotatable bonds is 10. The topological polar surface area (TPSA) is 66.4 Å². The highest BCUT2D eigenvalue weighted by Gasteiger charge is 2.25. The maximum atomic E-state index is 11.7. The van der Waals surface area contributed by atoms with E-state index in [1.54, 1.807) is 13.8 Å². The Labute approximate surface area is 117 Å². The van der Waals surface area contributed by atoms with Crippen LogP contribution >= 0.6 is 0 Å². The largest absolute Gasteiger partial charge is 0.481 e. The number of hydrogen-bond acceptors (Lipinski definition) is 2. The number of unbranched alkanes of at least 4 members (excludes halogenated alkanes) is 3. The van der Waals surface area contributed by atoms with E-state index < -0.39 is 17.8 Å². The van der Waals surface area contributed by atoms with E-state index in [4.69, 9.17) is 5.11 Å².